The maximum Gasteiger partial charge on any atom is 0.0177 e. The first kappa shape index (κ1) is 15.7. The van der Waals surface area contributed by atoms with Crippen molar-refractivity contribution in [2.75, 3.05) is 6.54 Å². The van der Waals surface area contributed by atoms with Crippen LogP contribution < -0.4 is 5.32 Å². The molecule has 0 heterocycles. The number of hydrogen-bond acceptors (Lipinski definition) is 1. The van der Waals surface area contributed by atoms with Crippen LogP contribution >= 0.6 is 15.9 Å². The van der Waals surface area contributed by atoms with Crippen LogP contribution in [0, 0.1) is 11.8 Å². The van der Waals surface area contributed by atoms with E-state index < -0.39 is 0 Å². The van der Waals surface area contributed by atoms with E-state index in [9.17, 15) is 0 Å². The lowest BCUT2D eigenvalue weighted by Gasteiger charge is -2.25. The van der Waals surface area contributed by atoms with Crippen molar-refractivity contribution in [1.82, 2.24) is 5.32 Å². The normalized spacial score (nSPS) is 14.8. The second kappa shape index (κ2) is 7.96. The average molecular weight is 312 g/mol. The van der Waals surface area contributed by atoms with Gasteiger partial charge in [-0.1, -0.05) is 62.2 Å². The molecule has 0 aromatic heterocycles. The van der Waals surface area contributed by atoms with Gasteiger partial charge in [0.1, 0.15) is 0 Å². The van der Waals surface area contributed by atoms with Crippen molar-refractivity contribution in [2.24, 2.45) is 11.8 Å². The average Bonchev–Trinajstić information content (AvgIpc) is 2.33. The highest BCUT2D eigenvalue weighted by Crippen LogP contribution is 2.21. The molecule has 0 aliphatic rings. The van der Waals surface area contributed by atoms with Gasteiger partial charge in [0.2, 0.25) is 0 Å². The maximum absolute atomic E-state index is 3.58. The third kappa shape index (κ3) is 5.53. The zero-order valence-electron chi connectivity index (χ0n) is 12.0. The maximum atomic E-state index is 3.58. The van der Waals surface area contributed by atoms with Gasteiger partial charge < -0.3 is 5.32 Å². The van der Waals surface area contributed by atoms with E-state index in [0.29, 0.717) is 12.0 Å². The summed E-state index contributed by atoms with van der Waals surface area (Å²) in [4.78, 5) is 0. The molecule has 0 fully saturated rings. The molecule has 2 atom stereocenters. The summed E-state index contributed by atoms with van der Waals surface area (Å²) < 4.78 is 1.18. The molecule has 0 aliphatic heterocycles. The SMILES string of the molecule is CCC(C)C(CNC(C)C)Cc1cccc(Br)c1. The monoisotopic (exact) mass is 311 g/mol. The summed E-state index contributed by atoms with van der Waals surface area (Å²) in [6, 6.07) is 9.26. The molecule has 1 aromatic carbocycles. The number of nitrogens with one attached hydrogen (secondary N) is 1. The van der Waals surface area contributed by atoms with Gasteiger partial charge in [0.05, 0.1) is 0 Å². The van der Waals surface area contributed by atoms with Crippen molar-refractivity contribution in [3.8, 4) is 0 Å². The summed E-state index contributed by atoms with van der Waals surface area (Å²) in [6.45, 7) is 10.2. The van der Waals surface area contributed by atoms with E-state index in [-0.39, 0.29) is 0 Å². The molecule has 0 saturated carbocycles. The molecule has 102 valence electrons. The predicted octanol–water partition coefficient (Wildman–Crippen LogP) is 4.65. The first-order chi connectivity index (χ1) is 8.52. The Morgan fingerprint density at radius 2 is 1.94 bits per heavy atom. The molecule has 0 amide bonds. The second-order valence-electron chi connectivity index (χ2n) is 5.54. The molecule has 2 heteroatoms. The van der Waals surface area contributed by atoms with Crippen molar-refractivity contribution < 1.29 is 0 Å². The molecule has 0 saturated heterocycles. The van der Waals surface area contributed by atoms with Gasteiger partial charge in [-0.2, -0.15) is 0 Å². The van der Waals surface area contributed by atoms with Crippen molar-refractivity contribution in [3.63, 3.8) is 0 Å². The van der Waals surface area contributed by atoms with Gasteiger partial charge in [-0.15, -0.1) is 0 Å². The fourth-order valence-electron chi connectivity index (χ4n) is 2.16. The molecular formula is C16H26BrN. The lowest BCUT2D eigenvalue weighted by molar-refractivity contribution is 0.320. The molecule has 0 radical (unpaired) electrons. The van der Waals surface area contributed by atoms with Gasteiger partial charge in [0.25, 0.3) is 0 Å². The number of halogens is 1. The molecular weight excluding hydrogens is 286 g/mol. The fourth-order valence-corrected chi connectivity index (χ4v) is 2.61. The quantitative estimate of drug-likeness (QED) is 0.772. The summed E-state index contributed by atoms with van der Waals surface area (Å²) >= 11 is 3.55. The Balaban J connectivity index is 2.65. The van der Waals surface area contributed by atoms with Gasteiger partial charge in [-0.3, -0.25) is 0 Å². The van der Waals surface area contributed by atoms with Crippen LogP contribution in [-0.4, -0.2) is 12.6 Å². The van der Waals surface area contributed by atoms with Crippen molar-refractivity contribution in [3.05, 3.63) is 34.3 Å². The van der Waals surface area contributed by atoms with E-state index >= 15 is 0 Å². The van der Waals surface area contributed by atoms with Gasteiger partial charge in [0.15, 0.2) is 0 Å². The van der Waals surface area contributed by atoms with Crippen molar-refractivity contribution in [1.29, 1.82) is 0 Å². The van der Waals surface area contributed by atoms with E-state index in [1.54, 1.807) is 0 Å². The van der Waals surface area contributed by atoms with Crippen LogP contribution in [0.15, 0.2) is 28.7 Å². The van der Waals surface area contributed by atoms with Crippen LogP contribution in [0.4, 0.5) is 0 Å². The van der Waals surface area contributed by atoms with Gasteiger partial charge in [0, 0.05) is 10.5 Å². The Kier molecular flexibility index (Phi) is 6.95. The van der Waals surface area contributed by atoms with E-state index in [2.05, 4.69) is 73.2 Å². The number of benzene rings is 1. The molecule has 1 rings (SSSR count). The van der Waals surface area contributed by atoms with Crippen LogP contribution in [0.2, 0.25) is 0 Å². The number of hydrogen-bond donors (Lipinski definition) is 1. The largest absolute Gasteiger partial charge is 0.314 e. The van der Waals surface area contributed by atoms with Gasteiger partial charge in [-0.25, -0.2) is 0 Å². The minimum Gasteiger partial charge on any atom is -0.314 e. The minimum absolute atomic E-state index is 0.569. The molecule has 0 spiro atoms. The molecule has 0 aliphatic carbocycles. The number of rotatable bonds is 7. The third-order valence-corrected chi connectivity index (χ3v) is 4.12. The lowest BCUT2D eigenvalue weighted by atomic mass is 9.86. The van der Waals surface area contributed by atoms with Crippen LogP contribution in [0.5, 0.6) is 0 Å². The Labute approximate surface area is 120 Å². The van der Waals surface area contributed by atoms with Crippen LogP contribution in [-0.2, 0) is 6.42 Å². The summed E-state index contributed by atoms with van der Waals surface area (Å²) in [7, 11) is 0. The zero-order valence-corrected chi connectivity index (χ0v) is 13.6. The molecule has 1 aromatic rings. The zero-order chi connectivity index (χ0) is 13.5. The first-order valence-corrected chi connectivity index (χ1v) is 7.80. The highest BCUT2D eigenvalue weighted by Gasteiger charge is 2.16. The molecule has 1 N–H and O–H groups in total. The predicted molar refractivity (Wildman–Crippen MR) is 83.9 cm³/mol. The topological polar surface area (TPSA) is 12.0 Å². The minimum atomic E-state index is 0.569. The highest BCUT2D eigenvalue weighted by atomic mass is 79.9. The Morgan fingerprint density at radius 1 is 1.22 bits per heavy atom. The second-order valence-corrected chi connectivity index (χ2v) is 6.46. The lowest BCUT2D eigenvalue weighted by Crippen LogP contribution is -2.32. The van der Waals surface area contributed by atoms with Gasteiger partial charge in [-0.05, 0) is 42.5 Å². The first-order valence-electron chi connectivity index (χ1n) is 7.00. The van der Waals surface area contributed by atoms with Gasteiger partial charge >= 0.3 is 0 Å². The smallest absolute Gasteiger partial charge is 0.0177 e. The van der Waals surface area contributed by atoms with E-state index in [4.69, 9.17) is 0 Å². The summed E-state index contributed by atoms with van der Waals surface area (Å²) in [5.74, 6) is 1.47. The van der Waals surface area contributed by atoms with Crippen molar-refractivity contribution in [2.45, 2.75) is 46.6 Å². The Morgan fingerprint density at radius 3 is 2.50 bits per heavy atom. The molecule has 0 bridgehead atoms. The van der Waals surface area contributed by atoms with Crippen molar-refractivity contribution >= 4 is 15.9 Å². The summed E-state index contributed by atoms with van der Waals surface area (Å²) in [6.07, 6.45) is 2.41. The standard InChI is InChI=1S/C16H26BrN/c1-5-13(4)15(11-18-12(2)3)9-14-7-6-8-16(17)10-14/h6-8,10,12-13,15,18H,5,9,11H2,1-4H3. The Bertz CT molecular complexity index is 349. The van der Waals surface area contributed by atoms with E-state index in [0.717, 1.165) is 18.9 Å². The summed E-state index contributed by atoms with van der Waals surface area (Å²) in [5, 5.41) is 3.58. The highest BCUT2D eigenvalue weighted by molar-refractivity contribution is 9.10. The van der Waals surface area contributed by atoms with E-state index in [1.165, 1.54) is 16.5 Å². The van der Waals surface area contributed by atoms with E-state index in [1.807, 2.05) is 0 Å². The Hall–Kier alpha value is -0.340. The van der Waals surface area contributed by atoms with Crippen LogP contribution in [0.25, 0.3) is 0 Å². The molecule has 2 unspecified atom stereocenters. The van der Waals surface area contributed by atoms with Crippen LogP contribution in [0.3, 0.4) is 0 Å². The molecule has 1 nitrogen and oxygen atoms in total. The fraction of sp³-hybridized carbons (Fsp3) is 0.625. The summed E-state index contributed by atoms with van der Waals surface area (Å²) in [5.41, 5.74) is 1.43. The third-order valence-electron chi connectivity index (χ3n) is 3.62. The molecule has 18 heavy (non-hydrogen) atoms. The van der Waals surface area contributed by atoms with Crippen LogP contribution in [0.1, 0.15) is 39.7 Å².